The van der Waals surface area contributed by atoms with Crippen LogP contribution in [0.3, 0.4) is 0 Å². The van der Waals surface area contributed by atoms with Gasteiger partial charge in [-0.1, -0.05) is 73.7 Å². The molecule has 4 aromatic carbocycles. The van der Waals surface area contributed by atoms with Crippen molar-refractivity contribution in [3.05, 3.63) is 130 Å². The van der Waals surface area contributed by atoms with Crippen molar-refractivity contribution in [2.75, 3.05) is 16.8 Å². The van der Waals surface area contributed by atoms with Crippen molar-refractivity contribution in [2.24, 2.45) is 11.8 Å². The van der Waals surface area contributed by atoms with Gasteiger partial charge in [0.25, 0.3) is 5.91 Å². The second-order valence-corrected chi connectivity index (χ2v) is 11.0. The zero-order chi connectivity index (χ0) is 29.0. The van der Waals surface area contributed by atoms with Gasteiger partial charge in [-0.25, -0.2) is 9.69 Å². The number of hydrogen-bond acceptors (Lipinski definition) is 5. The fourth-order valence-corrected chi connectivity index (χ4v) is 7.03. The number of hydrogen-bond donors (Lipinski definition) is 1. The predicted molar refractivity (Wildman–Crippen MR) is 157 cm³/mol. The third kappa shape index (κ3) is 3.96. The number of aryl methyl sites for hydroxylation is 1. The molecule has 208 valence electrons. The third-order valence-corrected chi connectivity index (χ3v) is 8.82. The zero-order valence-corrected chi connectivity index (χ0v) is 22.9. The molecule has 4 aliphatic rings. The summed E-state index contributed by atoms with van der Waals surface area (Å²) in [5.41, 5.74) is 6.77. The van der Waals surface area contributed by atoms with Crippen LogP contribution in [-0.2, 0) is 25.5 Å². The van der Waals surface area contributed by atoms with Crippen molar-refractivity contribution in [1.82, 2.24) is 0 Å². The van der Waals surface area contributed by atoms with E-state index in [1.165, 1.54) is 17.0 Å². The van der Waals surface area contributed by atoms with E-state index in [4.69, 9.17) is 4.74 Å². The van der Waals surface area contributed by atoms with Gasteiger partial charge in [0, 0.05) is 17.5 Å². The van der Waals surface area contributed by atoms with E-state index in [9.17, 15) is 19.2 Å². The largest absolute Gasteiger partial charge is 0.452 e. The summed E-state index contributed by atoms with van der Waals surface area (Å²) < 4.78 is 5.23. The third-order valence-electron chi connectivity index (χ3n) is 8.82. The summed E-state index contributed by atoms with van der Waals surface area (Å²) in [6, 6.07) is 29.9. The molecule has 1 saturated heterocycles. The highest BCUT2D eigenvalue weighted by molar-refractivity contribution is 6.23. The van der Waals surface area contributed by atoms with Crippen LogP contribution in [0.2, 0.25) is 0 Å². The first-order chi connectivity index (χ1) is 20.5. The van der Waals surface area contributed by atoms with E-state index in [-0.39, 0.29) is 29.2 Å². The van der Waals surface area contributed by atoms with Crippen LogP contribution in [0.25, 0.3) is 0 Å². The molecule has 0 radical (unpaired) electrons. The van der Waals surface area contributed by atoms with Gasteiger partial charge in [0.05, 0.1) is 23.1 Å². The number of esters is 1. The highest BCUT2D eigenvalue weighted by Crippen LogP contribution is 2.61. The second-order valence-electron chi connectivity index (χ2n) is 11.0. The maximum atomic E-state index is 13.9. The Labute approximate surface area is 243 Å². The lowest BCUT2D eigenvalue weighted by Crippen LogP contribution is -2.41. The minimum atomic E-state index is -0.669. The maximum absolute atomic E-state index is 13.9. The van der Waals surface area contributed by atoms with Crippen LogP contribution in [0, 0.1) is 11.8 Å². The van der Waals surface area contributed by atoms with Crippen LogP contribution in [0.4, 0.5) is 11.4 Å². The number of amides is 3. The zero-order valence-electron chi connectivity index (χ0n) is 22.9. The topological polar surface area (TPSA) is 92.8 Å². The molecule has 0 unspecified atom stereocenters. The lowest BCUT2D eigenvalue weighted by Gasteiger charge is -2.45. The quantitative estimate of drug-likeness (QED) is 0.252. The van der Waals surface area contributed by atoms with Gasteiger partial charge < -0.3 is 10.1 Å². The first-order valence-electron chi connectivity index (χ1n) is 14.2. The maximum Gasteiger partial charge on any atom is 0.338 e. The molecule has 2 bridgehead atoms. The van der Waals surface area contributed by atoms with Crippen molar-refractivity contribution in [3.8, 4) is 0 Å². The van der Waals surface area contributed by atoms with Crippen molar-refractivity contribution >= 4 is 35.1 Å². The van der Waals surface area contributed by atoms with E-state index in [2.05, 4.69) is 29.6 Å². The van der Waals surface area contributed by atoms with Gasteiger partial charge in [-0.2, -0.15) is 0 Å². The Hall–Kier alpha value is -5.04. The molecule has 3 aliphatic carbocycles. The van der Waals surface area contributed by atoms with Crippen molar-refractivity contribution < 1.29 is 23.9 Å². The molecule has 42 heavy (non-hydrogen) atoms. The summed E-state index contributed by atoms with van der Waals surface area (Å²) in [5, 5.41) is 2.78. The summed E-state index contributed by atoms with van der Waals surface area (Å²) in [4.78, 5) is 54.2. The molecule has 8 rings (SSSR count). The Balaban J connectivity index is 1.09. The first kappa shape index (κ1) is 25.9. The number of nitrogens with zero attached hydrogens (tertiary/aromatic N) is 1. The summed E-state index contributed by atoms with van der Waals surface area (Å²) in [7, 11) is 0. The van der Waals surface area contributed by atoms with Crippen LogP contribution in [0.15, 0.2) is 97.1 Å². The molecule has 7 heteroatoms. The minimum Gasteiger partial charge on any atom is -0.452 e. The SMILES string of the molecule is CCc1ccccc1NC(=O)COC(=O)c1ccc(N2C(=O)[C@H]3C4c5ccccc5C(c5ccccc54)[C@@H]3C2=O)cc1. The standard InChI is InChI=1S/C35H28N2O5/c1-2-20-9-3-8-14-27(20)36-28(38)19-42-35(41)21-15-17-22(18-16-21)37-33(39)31-29-23-10-4-5-11-24(23)30(32(31)34(37)40)26-13-7-6-12-25(26)29/h3-18,29-32H,2,19H2,1H3,(H,36,38)/t29?,30?,31-,32-/m0/s1. The fraction of sp³-hybridized carbons (Fsp3) is 0.200. The van der Waals surface area contributed by atoms with Gasteiger partial charge in [-0.05, 0) is 64.6 Å². The average Bonchev–Trinajstić information content (AvgIpc) is 3.30. The number of carbonyl (C=O) groups excluding carboxylic acids is 4. The number of benzene rings is 4. The molecule has 0 spiro atoms. The van der Waals surface area contributed by atoms with Crippen LogP contribution in [0.5, 0.6) is 0 Å². The monoisotopic (exact) mass is 556 g/mol. The Morgan fingerprint density at radius 1 is 0.714 bits per heavy atom. The molecule has 7 nitrogen and oxygen atoms in total. The molecule has 1 fully saturated rings. The Morgan fingerprint density at radius 3 is 1.74 bits per heavy atom. The van der Waals surface area contributed by atoms with Crippen molar-refractivity contribution in [3.63, 3.8) is 0 Å². The normalized spacial score (nSPS) is 21.4. The summed E-state index contributed by atoms with van der Waals surface area (Å²) >= 11 is 0. The molecular weight excluding hydrogens is 528 g/mol. The Bertz CT molecular complexity index is 1650. The molecule has 0 saturated carbocycles. The molecule has 1 heterocycles. The van der Waals surface area contributed by atoms with Gasteiger partial charge in [0.1, 0.15) is 0 Å². The van der Waals surface area contributed by atoms with Gasteiger partial charge in [0.15, 0.2) is 6.61 Å². The van der Waals surface area contributed by atoms with E-state index in [1.807, 2.05) is 49.4 Å². The molecule has 4 aromatic rings. The number of para-hydroxylation sites is 1. The molecule has 0 aromatic heterocycles. The van der Waals surface area contributed by atoms with Gasteiger partial charge in [-0.3, -0.25) is 14.4 Å². The number of anilines is 2. The van der Waals surface area contributed by atoms with E-state index < -0.39 is 30.3 Å². The number of rotatable bonds is 6. The van der Waals surface area contributed by atoms with Gasteiger partial charge in [-0.15, -0.1) is 0 Å². The Morgan fingerprint density at radius 2 is 1.21 bits per heavy atom. The average molecular weight is 557 g/mol. The molecule has 1 N–H and O–H groups in total. The van der Waals surface area contributed by atoms with Crippen molar-refractivity contribution in [2.45, 2.75) is 25.2 Å². The lowest BCUT2D eigenvalue weighted by molar-refractivity contribution is -0.122. The van der Waals surface area contributed by atoms with Gasteiger partial charge in [0.2, 0.25) is 11.8 Å². The highest BCUT2D eigenvalue weighted by atomic mass is 16.5. The fourth-order valence-electron chi connectivity index (χ4n) is 7.03. The van der Waals surface area contributed by atoms with E-state index in [1.54, 1.807) is 18.2 Å². The predicted octanol–water partition coefficient (Wildman–Crippen LogP) is 5.44. The lowest BCUT2D eigenvalue weighted by atomic mass is 9.55. The summed E-state index contributed by atoms with van der Waals surface area (Å²) in [5.74, 6) is -2.86. The first-order valence-corrected chi connectivity index (χ1v) is 14.2. The van der Waals surface area contributed by atoms with Crippen LogP contribution < -0.4 is 10.2 Å². The number of imide groups is 1. The van der Waals surface area contributed by atoms with Crippen LogP contribution in [-0.4, -0.2) is 30.3 Å². The number of ether oxygens (including phenoxy) is 1. The highest BCUT2D eigenvalue weighted by Gasteiger charge is 2.61. The smallest absolute Gasteiger partial charge is 0.338 e. The second kappa shape index (κ2) is 10.1. The van der Waals surface area contributed by atoms with E-state index in [0.29, 0.717) is 11.4 Å². The van der Waals surface area contributed by atoms with Crippen molar-refractivity contribution in [1.29, 1.82) is 0 Å². The summed E-state index contributed by atoms with van der Waals surface area (Å²) in [6.07, 6.45) is 0.757. The number of carbonyl (C=O) groups is 4. The van der Waals surface area contributed by atoms with Gasteiger partial charge >= 0.3 is 5.97 Å². The molecule has 1 aliphatic heterocycles. The van der Waals surface area contributed by atoms with E-state index in [0.717, 1.165) is 34.2 Å². The summed E-state index contributed by atoms with van der Waals surface area (Å²) in [6.45, 7) is 1.56. The minimum absolute atomic E-state index is 0.182. The van der Waals surface area contributed by atoms with Crippen LogP contribution in [0.1, 0.15) is 56.9 Å². The van der Waals surface area contributed by atoms with Crippen LogP contribution >= 0.6 is 0 Å². The molecule has 2 atom stereocenters. The number of nitrogens with one attached hydrogen (secondary N) is 1. The molecule has 3 amide bonds. The molecular formula is C35H28N2O5. The Kier molecular flexibility index (Phi) is 6.23. The van der Waals surface area contributed by atoms with E-state index >= 15 is 0 Å².